The van der Waals surface area contributed by atoms with Gasteiger partial charge >= 0.3 is 0 Å². The molecular formula is C16H33N. The molecule has 17 heavy (non-hydrogen) atoms. The summed E-state index contributed by atoms with van der Waals surface area (Å²) >= 11 is 0. The summed E-state index contributed by atoms with van der Waals surface area (Å²) in [6, 6.07) is 0. The van der Waals surface area contributed by atoms with Crippen molar-refractivity contribution >= 4 is 0 Å². The zero-order valence-corrected chi connectivity index (χ0v) is 12.5. The molecule has 3 atom stereocenters. The van der Waals surface area contributed by atoms with E-state index in [2.05, 4.69) is 27.7 Å². The van der Waals surface area contributed by atoms with Gasteiger partial charge < -0.3 is 5.73 Å². The molecule has 1 heteroatoms. The highest BCUT2D eigenvalue weighted by molar-refractivity contribution is 4.89. The Morgan fingerprint density at radius 1 is 1.18 bits per heavy atom. The predicted octanol–water partition coefficient (Wildman–Crippen LogP) is 4.75. The molecule has 0 aromatic heterocycles. The van der Waals surface area contributed by atoms with Gasteiger partial charge in [-0.3, -0.25) is 0 Å². The van der Waals surface area contributed by atoms with Gasteiger partial charge in [-0.1, -0.05) is 47.0 Å². The maximum atomic E-state index is 6.65. The Morgan fingerprint density at radius 2 is 1.88 bits per heavy atom. The third-order valence-electron chi connectivity index (χ3n) is 4.54. The second-order valence-electron chi connectivity index (χ2n) is 7.01. The highest BCUT2D eigenvalue weighted by Crippen LogP contribution is 2.35. The quantitative estimate of drug-likeness (QED) is 0.689. The molecule has 1 rings (SSSR count). The summed E-state index contributed by atoms with van der Waals surface area (Å²) in [4.78, 5) is 0. The fourth-order valence-electron chi connectivity index (χ4n) is 3.70. The molecule has 1 aliphatic carbocycles. The van der Waals surface area contributed by atoms with Crippen LogP contribution in [0, 0.1) is 17.8 Å². The molecule has 0 aliphatic heterocycles. The van der Waals surface area contributed by atoms with E-state index in [1.54, 1.807) is 0 Å². The van der Waals surface area contributed by atoms with Gasteiger partial charge in [0.15, 0.2) is 0 Å². The minimum atomic E-state index is 0.151. The molecule has 0 saturated heterocycles. The van der Waals surface area contributed by atoms with Gasteiger partial charge in [-0.15, -0.1) is 0 Å². The maximum absolute atomic E-state index is 6.65. The molecule has 0 spiro atoms. The van der Waals surface area contributed by atoms with Crippen LogP contribution in [-0.2, 0) is 0 Å². The Labute approximate surface area is 109 Å². The van der Waals surface area contributed by atoms with Crippen molar-refractivity contribution in [3.05, 3.63) is 0 Å². The van der Waals surface area contributed by atoms with Gasteiger partial charge in [0.2, 0.25) is 0 Å². The fourth-order valence-corrected chi connectivity index (χ4v) is 3.70. The first kappa shape index (κ1) is 15.0. The summed E-state index contributed by atoms with van der Waals surface area (Å²) in [7, 11) is 0. The zero-order valence-electron chi connectivity index (χ0n) is 12.5. The summed E-state index contributed by atoms with van der Waals surface area (Å²) in [5, 5.41) is 0. The summed E-state index contributed by atoms with van der Waals surface area (Å²) < 4.78 is 0. The highest BCUT2D eigenvalue weighted by Gasteiger charge is 2.30. The number of hydrogen-bond acceptors (Lipinski definition) is 1. The molecule has 0 amide bonds. The number of rotatable bonds is 5. The van der Waals surface area contributed by atoms with Gasteiger partial charge in [0.25, 0.3) is 0 Å². The van der Waals surface area contributed by atoms with Gasteiger partial charge in [-0.05, 0) is 49.9 Å². The van der Waals surface area contributed by atoms with E-state index in [1.807, 2.05) is 0 Å². The van der Waals surface area contributed by atoms with Crippen LogP contribution in [0.2, 0.25) is 0 Å². The summed E-state index contributed by atoms with van der Waals surface area (Å²) in [5.41, 5.74) is 6.80. The lowest BCUT2D eigenvalue weighted by Gasteiger charge is -2.32. The Hall–Kier alpha value is -0.0400. The maximum Gasteiger partial charge on any atom is 0.0157 e. The molecule has 0 radical (unpaired) electrons. The first-order chi connectivity index (χ1) is 7.95. The molecule has 1 nitrogen and oxygen atoms in total. The second-order valence-corrected chi connectivity index (χ2v) is 7.01. The van der Waals surface area contributed by atoms with E-state index in [0.717, 1.165) is 17.8 Å². The molecular weight excluding hydrogens is 206 g/mol. The van der Waals surface area contributed by atoms with E-state index >= 15 is 0 Å². The highest BCUT2D eigenvalue weighted by atomic mass is 14.7. The van der Waals surface area contributed by atoms with Crippen molar-refractivity contribution in [3.63, 3.8) is 0 Å². The normalized spacial score (nSPS) is 32.5. The lowest BCUT2D eigenvalue weighted by Crippen LogP contribution is -2.41. The Morgan fingerprint density at radius 3 is 2.47 bits per heavy atom. The first-order valence-electron chi connectivity index (χ1n) is 7.74. The van der Waals surface area contributed by atoms with Crippen LogP contribution in [0.3, 0.4) is 0 Å². The summed E-state index contributed by atoms with van der Waals surface area (Å²) in [6.45, 7) is 9.35. The standard InChI is InChI=1S/C16H33N/c1-5-15-7-6-9-16(17,10-8-15)12-14(4)11-13(2)3/h13-15H,5-12,17H2,1-4H3. The van der Waals surface area contributed by atoms with Gasteiger partial charge in [-0.2, -0.15) is 0 Å². The van der Waals surface area contributed by atoms with Crippen LogP contribution < -0.4 is 5.73 Å². The van der Waals surface area contributed by atoms with Gasteiger partial charge in [0.05, 0.1) is 0 Å². The van der Waals surface area contributed by atoms with Crippen LogP contribution in [0.25, 0.3) is 0 Å². The Bertz CT molecular complexity index is 212. The van der Waals surface area contributed by atoms with Crippen LogP contribution >= 0.6 is 0 Å². The fraction of sp³-hybridized carbons (Fsp3) is 1.00. The monoisotopic (exact) mass is 239 g/mol. The molecule has 1 fully saturated rings. The molecule has 1 aliphatic rings. The van der Waals surface area contributed by atoms with E-state index in [-0.39, 0.29) is 5.54 Å². The molecule has 1 saturated carbocycles. The largest absolute Gasteiger partial charge is 0.325 e. The van der Waals surface area contributed by atoms with Crippen molar-refractivity contribution < 1.29 is 0 Å². The van der Waals surface area contributed by atoms with Crippen molar-refractivity contribution in [2.75, 3.05) is 0 Å². The van der Waals surface area contributed by atoms with Gasteiger partial charge in [0.1, 0.15) is 0 Å². The Kier molecular flexibility index (Phi) is 5.99. The topological polar surface area (TPSA) is 26.0 Å². The molecule has 3 unspecified atom stereocenters. The van der Waals surface area contributed by atoms with Crippen LogP contribution in [0.1, 0.15) is 79.1 Å². The van der Waals surface area contributed by atoms with Crippen LogP contribution in [0.5, 0.6) is 0 Å². The van der Waals surface area contributed by atoms with Gasteiger partial charge in [-0.25, -0.2) is 0 Å². The smallest absolute Gasteiger partial charge is 0.0157 e. The third kappa shape index (κ3) is 5.42. The van der Waals surface area contributed by atoms with E-state index in [0.29, 0.717) is 0 Å². The van der Waals surface area contributed by atoms with E-state index in [4.69, 9.17) is 5.73 Å². The van der Waals surface area contributed by atoms with Crippen LogP contribution in [-0.4, -0.2) is 5.54 Å². The first-order valence-corrected chi connectivity index (χ1v) is 7.74. The molecule has 102 valence electrons. The molecule has 0 heterocycles. The average molecular weight is 239 g/mol. The zero-order chi connectivity index (χ0) is 12.9. The third-order valence-corrected chi connectivity index (χ3v) is 4.54. The van der Waals surface area contributed by atoms with Crippen molar-refractivity contribution in [1.29, 1.82) is 0 Å². The molecule has 2 N–H and O–H groups in total. The number of nitrogens with two attached hydrogens (primary N) is 1. The SMILES string of the molecule is CCC1CCCC(N)(CC(C)CC(C)C)CC1. The average Bonchev–Trinajstić information content (AvgIpc) is 2.38. The van der Waals surface area contributed by atoms with Crippen molar-refractivity contribution in [2.45, 2.75) is 84.6 Å². The van der Waals surface area contributed by atoms with Crippen LogP contribution in [0.15, 0.2) is 0 Å². The predicted molar refractivity (Wildman–Crippen MR) is 77.0 cm³/mol. The van der Waals surface area contributed by atoms with E-state index < -0.39 is 0 Å². The van der Waals surface area contributed by atoms with Crippen molar-refractivity contribution in [1.82, 2.24) is 0 Å². The lowest BCUT2D eigenvalue weighted by atomic mass is 9.80. The second kappa shape index (κ2) is 6.78. The molecule has 0 aromatic carbocycles. The van der Waals surface area contributed by atoms with E-state index in [9.17, 15) is 0 Å². The van der Waals surface area contributed by atoms with Crippen molar-refractivity contribution in [3.8, 4) is 0 Å². The number of hydrogen-bond donors (Lipinski definition) is 1. The van der Waals surface area contributed by atoms with Crippen LogP contribution in [0.4, 0.5) is 0 Å². The molecule has 0 bridgehead atoms. The minimum absolute atomic E-state index is 0.151. The van der Waals surface area contributed by atoms with Crippen molar-refractivity contribution in [2.24, 2.45) is 23.5 Å². The summed E-state index contributed by atoms with van der Waals surface area (Å²) in [5.74, 6) is 2.54. The minimum Gasteiger partial charge on any atom is -0.325 e. The lowest BCUT2D eigenvalue weighted by molar-refractivity contribution is 0.267. The summed E-state index contributed by atoms with van der Waals surface area (Å²) in [6.07, 6.45) is 10.5. The Balaban J connectivity index is 2.44. The van der Waals surface area contributed by atoms with E-state index in [1.165, 1.54) is 51.4 Å². The van der Waals surface area contributed by atoms with Gasteiger partial charge in [0, 0.05) is 5.54 Å². The molecule has 0 aromatic rings.